The van der Waals surface area contributed by atoms with Crippen LogP contribution in [-0.4, -0.2) is 66.9 Å². The van der Waals surface area contributed by atoms with Gasteiger partial charge in [-0.1, -0.05) is 0 Å². The van der Waals surface area contributed by atoms with Crippen LogP contribution < -0.4 is 19.1 Å². The third-order valence-corrected chi connectivity index (χ3v) is 7.75. The second kappa shape index (κ2) is 10.2. The number of amides is 1. The second-order valence-electron chi connectivity index (χ2n) is 8.96. The van der Waals surface area contributed by atoms with E-state index in [1.807, 2.05) is 0 Å². The fraction of sp³-hybridized carbons (Fsp3) is 0.500. The number of halogens is 3. The number of nitrogens with one attached hydrogen (secondary N) is 1. The molecule has 38 heavy (non-hydrogen) atoms. The predicted octanol–water partition coefficient (Wildman–Crippen LogP) is 3.45. The van der Waals surface area contributed by atoms with E-state index >= 15 is 0 Å². The summed E-state index contributed by atoms with van der Waals surface area (Å²) < 4.78 is 84.8. The number of anilines is 2. The van der Waals surface area contributed by atoms with Gasteiger partial charge >= 0.3 is 18.2 Å². The number of carboxylic acid groups (broad SMARTS) is 1. The molecule has 0 aliphatic carbocycles. The number of alkyl halides is 3. The zero-order valence-electron chi connectivity index (χ0n) is 21.1. The first-order valence-electron chi connectivity index (χ1n) is 11.2. The van der Waals surface area contributed by atoms with E-state index in [2.05, 4.69) is 15.2 Å². The highest BCUT2D eigenvalue weighted by molar-refractivity contribution is 7.93. The van der Waals surface area contributed by atoms with E-state index in [4.69, 9.17) is 14.6 Å². The van der Waals surface area contributed by atoms with Crippen LogP contribution in [0.25, 0.3) is 0 Å². The fourth-order valence-corrected chi connectivity index (χ4v) is 5.42. The number of nitrogens with zero attached hydrogens (tertiary/aromatic N) is 3. The summed E-state index contributed by atoms with van der Waals surface area (Å²) in [7, 11) is -1.61. The van der Waals surface area contributed by atoms with Crippen molar-refractivity contribution >= 4 is 33.5 Å². The smallest absolute Gasteiger partial charge is 0.427 e. The van der Waals surface area contributed by atoms with Crippen LogP contribution >= 0.6 is 0 Å². The van der Waals surface area contributed by atoms with Crippen LogP contribution in [0.3, 0.4) is 0 Å². The molecule has 1 aromatic carbocycles. The van der Waals surface area contributed by atoms with E-state index < -0.39 is 40.0 Å². The van der Waals surface area contributed by atoms with Gasteiger partial charge < -0.3 is 19.3 Å². The predicted molar refractivity (Wildman–Crippen MR) is 127 cm³/mol. The number of sulfonamides is 1. The summed E-state index contributed by atoms with van der Waals surface area (Å²) in [5, 5.41) is 15.3. The number of hydrogen-bond donors (Lipinski definition) is 2. The Bertz CT molecular complexity index is 1340. The SMILES string of the molecule is COc1nn(C)c(C)c1S(=O)(=O)N1CC(CCC(=O)O)Oc2ccc(NC(=O)OC(C)(C)C(F)(F)F)cc21. The van der Waals surface area contributed by atoms with Crippen LogP contribution in [0.2, 0.25) is 0 Å². The van der Waals surface area contributed by atoms with Crippen molar-refractivity contribution in [3.8, 4) is 11.6 Å². The lowest BCUT2D eigenvalue weighted by Gasteiger charge is -2.35. The number of aliphatic carboxylic acids is 1. The van der Waals surface area contributed by atoms with Crippen LogP contribution in [-0.2, 0) is 26.6 Å². The molecule has 0 bridgehead atoms. The maximum absolute atomic E-state index is 13.9. The Labute approximate surface area is 216 Å². The van der Waals surface area contributed by atoms with Gasteiger partial charge in [0.2, 0.25) is 5.60 Å². The molecule has 1 atom stereocenters. The van der Waals surface area contributed by atoms with Gasteiger partial charge in [-0.25, -0.2) is 13.2 Å². The lowest BCUT2D eigenvalue weighted by atomic mass is 10.1. The Morgan fingerprint density at radius 3 is 2.53 bits per heavy atom. The lowest BCUT2D eigenvalue weighted by molar-refractivity contribution is -0.242. The molecule has 0 saturated carbocycles. The van der Waals surface area contributed by atoms with E-state index in [-0.39, 0.29) is 53.0 Å². The van der Waals surface area contributed by atoms with Crippen molar-refractivity contribution in [1.82, 2.24) is 9.78 Å². The molecule has 3 rings (SSSR count). The van der Waals surface area contributed by atoms with Gasteiger partial charge in [-0.15, -0.1) is 5.10 Å². The van der Waals surface area contributed by atoms with Crippen molar-refractivity contribution < 1.29 is 50.5 Å². The van der Waals surface area contributed by atoms with Crippen molar-refractivity contribution in [2.45, 2.75) is 56.4 Å². The zero-order valence-corrected chi connectivity index (χ0v) is 21.9. The fourth-order valence-electron chi connectivity index (χ4n) is 3.58. The summed E-state index contributed by atoms with van der Waals surface area (Å²) in [6.45, 7) is 2.59. The van der Waals surface area contributed by atoms with Gasteiger partial charge in [-0.05, 0) is 45.4 Å². The average molecular weight is 565 g/mol. The normalized spacial score (nSPS) is 15.9. The van der Waals surface area contributed by atoms with Gasteiger partial charge in [0.25, 0.3) is 15.9 Å². The van der Waals surface area contributed by atoms with Crippen LogP contribution in [0.4, 0.5) is 29.3 Å². The number of fused-ring (bicyclic) bond motifs is 1. The topological polar surface area (TPSA) is 149 Å². The second-order valence-corrected chi connectivity index (χ2v) is 10.8. The third-order valence-electron chi connectivity index (χ3n) is 5.84. The minimum Gasteiger partial charge on any atom is -0.486 e. The Kier molecular flexibility index (Phi) is 7.77. The number of aryl methyl sites for hydroxylation is 1. The molecule has 0 fully saturated rings. The van der Waals surface area contributed by atoms with Crippen molar-refractivity contribution in [2.24, 2.45) is 7.05 Å². The Balaban J connectivity index is 2.02. The number of carboxylic acids is 1. The molecule has 16 heteroatoms. The molecule has 1 aliphatic heterocycles. The van der Waals surface area contributed by atoms with Gasteiger partial charge in [0, 0.05) is 19.2 Å². The first-order chi connectivity index (χ1) is 17.5. The maximum atomic E-state index is 13.9. The number of carbonyl (C=O) groups excluding carboxylic acids is 1. The highest BCUT2D eigenvalue weighted by atomic mass is 32.2. The summed E-state index contributed by atoms with van der Waals surface area (Å²) in [6.07, 6.45) is -7.38. The quantitative estimate of drug-likeness (QED) is 0.492. The molecule has 2 aromatic rings. The van der Waals surface area contributed by atoms with E-state index in [1.165, 1.54) is 44.0 Å². The molecule has 210 valence electrons. The maximum Gasteiger partial charge on any atom is 0.427 e. The summed E-state index contributed by atoms with van der Waals surface area (Å²) >= 11 is 0. The number of rotatable bonds is 8. The van der Waals surface area contributed by atoms with Crippen molar-refractivity contribution in [1.29, 1.82) is 0 Å². The van der Waals surface area contributed by atoms with Gasteiger partial charge in [0.1, 0.15) is 11.9 Å². The van der Waals surface area contributed by atoms with Crippen LogP contribution in [0.5, 0.6) is 11.6 Å². The first kappa shape index (κ1) is 28.9. The molecule has 2 N–H and O–H groups in total. The largest absolute Gasteiger partial charge is 0.486 e. The van der Waals surface area contributed by atoms with Crippen LogP contribution in [0.1, 0.15) is 32.4 Å². The van der Waals surface area contributed by atoms with Crippen LogP contribution in [0, 0.1) is 6.92 Å². The van der Waals surface area contributed by atoms with E-state index in [0.717, 1.165) is 4.31 Å². The van der Waals surface area contributed by atoms with Gasteiger partial charge in [0.15, 0.2) is 4.90 Å². The van der Waals surface area contributed by atoms with E-state index in [0.29, 0.717) is 13.8 Å². The first-order valence-corrected chi connectivity index (χ1v) is 12.6. The number of hydrogen-bond acceptors (Lipinski definition) is 8. The minimum atomic E-state index is -4.83. The van der Waals surface area contributed by atoms with E-state index in [9.17, 15) is 31.2 Å². The molecular formula is C22H27F3N4O8S. The number of ether oxygens (including phenoxy) is 3. The molecule has 2 heterocycles. The lowest BCUT2D eigenvalue weighted by Crippen LogP contribution is -2.44. The van der Waals surface area contributed by atoms with Gasteiger partial charge in [-0.3, -0.25) is 19.1 Å². The molecule has 1 amide bonds. The monoisotopic (exact) mass is 564 g/mol. The van der Waals surface area contributed by atoms with Crippen LogP contribution in [0.15, 0.2) is 23.1 Å². The van der Waals surface area contributed by atoms with E-state index in [1.54, 1.807) is 0 Å². The summed E-state index contributed by atoms with van der Waals surface area (Å²) in [5.41, 5.74) is -2.65. The molecule has 0 spiro atoms. The molecule has 1 aliphatic rings. The third kappa shape index (κ3) is 5.74. The van der Waals surface area contributed by atoms with Gasteiger partial charge in [0.05, 0.1) is 25.0 Å². The van der Waals surface area contributed by atoms with Gasteiger partial charge in [-0.2, -0.15) is 13.2 Å². The van der Waals surface area contributed by atoms with Crippen molar-refractivity contribution in [3.05, 3.63) is 23.9 Å². The number of benzene rings is 1. The zero-order chi connectivity index (χ0) is 28.6. The average Bonchev–Trinajstić information content (AvgIpc) is 3.10. The molecule has 0 radical (unpaired) electrons. The number of carbonyl (C=O) groups is 2. The number of methoxy groups -OCH3 is 1. The Hall–Kier alpha value is -3.69. The standard InChI is InChI=1S/C22H27F3N4O8S/c1-12-18(19(35-5)27-28(12)4)38(33,34)29-11-14(7-9-17(30)31)36-16-8-6-13(10-15(16)29)26-20(32)37-21(2,3)22(23,24)25/h6,8,10,14H,7,9,11H2,1-5H3,(H,26,32)(H,30,31). The highest BCUT2D eigenvalue weighted by Crippen LogP contribution is 2.42. The molecule has 0 saturated heterocycles. The molecule has 1 unspecified atom stereocenters. The minimum absolute atomic E-state index is 0.0111. The summed E-state index contributed by atoms with van der Waals surface area (Å²) in [6, 6.07) is 3.78. The summed E-state index contributed by atoms with van der Waals surface area (Å²) in [5.74, 6) is -1.23. The molecular weight excluding hydrogens is 537 g/mol. The number of aromatic nitrogens is 2. The van der Waals surface area contributed by atoms with Crippen molar-refractivity contribution in [2.75, 3.05) is 23.3 Å². The Morgan fingerprint density at radius 2 is 1.95 bits per heavy atom. The van der Waals surface area contributed by atoms with Crippen molar-refractivity contribution in [3.63, 3.8) is 0 Å². The highest BCUT2D eigenvalue weighted by Gasteiger charge is 2.51. The molecule has 1 aromatic heterocycles. The Morgan fingerprint density at radius 1 is 1.29 bits per heavy atom. The molecule has 12 nitrogen and oxygen atoms in total. The summed E-state index contributed by atoms with van der Waals surface area (Å²) in [4.78, 5) is 23.0.